The average Bonchev–Trinajstić information content (AvgIpc) is 3.10. The third-order valence-electron chi connectivity index (χ3n) is 3.62. The van der Waals surface area contributed by atoms with E-state index in [0.717, 1.165) is 32.2 Å². The van der Waals surface area contributed by atoms with Crippen molar-refractivity contribution in [1.82, 2.24) is 14.9 Å². The minimum absolute atomic E-state index is 0.00528. The minimum Gasteiger partial charge on any atom is -0.353 e. The van der Waals surface area contributed by atoms with Gasteiger partial charge in [0.15, 0.2) is 0 Å². The molecule has 0 spiro atoms. The van der Waals surface area contributed by atoms with Crippen LogP contribution in [0.2, 0.25) is 0 Å². The standard InChI is InChI=1S/C13H25N3O3S/c1-10(2)14-13(17)9-16-7-3-4-11(8-16)15-20(18,19)12-5-6-12/h10-12,15H,3-9H2,1-2H3,(H,14,17). The zero-order valence-electron chi connectivity index (χ0n) is 12.3. The zero-order chi connectivity index (χ0) is 14.8. The normalized spacial score (nSPS) is 24.9. The first-order valence-electron chi connectivity index (χ1n) is 7.39. The summed E-state index contributed by atoms with van der Waals surface area (Å²) >= 11 is 0. The van der Waals surface area contributed by atoms with Gasteiger partial charge < -0.3 is 5.32 Å². The van der Waals surface area contributed by atoms with E-state index < -0.39 is 10.0 Å². The van der Waals surface area contributed by atoms with Gasteiger partial charge in [-0.15, -0.1) is 0 Å². The van der Waals surface area contributed by atoms with E-state index in [1.807, 2.05) is 18.7 Å². The lowest BCUT2D eigenvalue weighted by atomic mass is 10.1. The average molecular weight is 303 g/mol. The number of sulfonamides is 1. The second kappa shape index (κ2) is 6.41. The van der Waals surface area contributed by atoms with Gasteiger partial charge in [-0.05, 0) is 46.1 Å². The Morgan fingerprint density at radius 3 is 2.60 bits per heavy atom. The van der Waals surface area contributed by atoms with Crippen LogP contribution in [0.15, 0.2) is 0 Å². The van der Waals surface area contributed by atoms with Crippen LogP contribution in [0, 0.1) is 0 Å². The lowest BCUT2D eigenvalue weighted by molar-refractivity contribution is -0.123. The van der Waals surface area contributed by atoms with Crippen LogP contribution in [0.3, 0.4) is 0 Å². The Labute approximate surface area is 121 Å². The number of carbonyl (C=O) groups is 1. The third kappa shape index (κ3) is 4.71. The molecule has 1 aliphatic carbocycles. The summed E-state index contributed by atoms with van der Waals surface area (Å²) in [5, 5.41) is 2.68. The molecule has 1 unspecified atom stereocenters. The summed E-state index contributed by atoms with van der Waals surface area (Å²) in [6, 6.07) is 0.0812. The molecule has 20 heavy (non-hydrogen) atoms. The molecule has 0 bridgehead atoms. The number of nitrogens with one attached hydrogen (secondary N) is 2. The van der Waals surface area contributed by atoms with E-state index in [4.69, 9.17) is 0 Å². The van der Waals surface area contributed by atoms with E-state index in [1.54, 1.807) is 0 Å². The van der Waals surface area contributed by atoms with Crippen molar-refractivity contribution in [2.45, 2.75) is 56.9 Å². The fourth-order valence-electron chi connectivity index (χ4n) is 2.57. The van der Waals surface area contributed by atoms with E-state index in [-0.39, 0.29) is 23.2 Å². The van der Waals surface area contributed by atoms with Gasteiger partial charge in [-0.25, -0.2) is 13.1 Å². The molecule has 0 aromatic carbocycles. The van der Waals surface area contributed by atoms with Gasteiger partial charge in [-0.3, -0.25) is 9.69 Å². The Bertz CT molecular complexity index is 446. The fourth-order valence-corrected chi connectivity index (χ4v) is 4.18. The van der Waals surface area contributed by atoms with Crippen molar-refractivity contribution in [3.63, 3.8) is 0 Å². The molecule has 116 valence electrons. The molecule has 7 heteroatoms. The maximum Gasteiger partial charge on any atom is 0.234 e. The molecule has 1 aliphatic heterocycles. The lowest BCUT2D eigenvalue weighted by Crippen LogP contribution is -2.51. The van der Waals surface area contributed by atoms with E-state index in [9.17, 15) is 13.2 Å². The fraction of sp³-hybridized carbons (Fsp3) is 0.923. The van der Waals surface area contributed by atoms with Gasteiger partial charge in [0.05, 0.1) is 11.8 Å². The number of hydrogen-bond donors (Lipinski definition) is 2. The molecule has 2 rings (SSSR count). The largest absolute Gasteiger partial charge is 0.353 e. The second-order valence-corrected chi connectivity index (χ2v) is 8.15. The number of nitrogens with zero attached hydrogens (tertiary/aromatic N) is 1. The van der Waals surface area contributed by atoms with Crippen LogP contribution in [-0.4, -0.2) is 56.2 Å². The monoisotopic (exact) mass is 303 g/mol. The minimum atomic E-state index is -3.13. The molecule has 0 radical (unpaired) electrons. The summed E-state index contributed by atoms with van der Waals surface area (Å²) in [5.41, 5.74) is 0. The highest BCUT2D eigenvalue weighted by molar-refractivity contribution is 7.90. The summed E-state index contributed by atoms with van der Waals surface area (Å²) in [7, 11) is -3.13. The van der Waals surface area contributed by atoms with Crippen LogP contribution in [0.4, 0.5) is 0 Å². The number of piperidine rings is 1. The first-order chi connectivity index (χ1) is 9.37. The maximum atomic E-state index is 11.9. The van der Waals surface area contributed by atoms with E-state index in [0.29, 0.717) is 13.1 Å². The quantitative estimate of drug-likeness (QED) is 0.727. The summed E-state index contributed by atoms with van der Waals surface area (Å²) in [4.78, 5) is 13.8. The molecule has 1 saturated heterocycles. The van der Waals surface area contributed by atoms with Gasteiger partial charge in [0, 0.05) is 18.6 Å². The molecular weight excluding hydrogens is 278 g/mol. The lowest BCUT2D eigenvalue weighted by Gasteiger charge is -2.32. The second-order valence-electron chi connectivity index (χ2n) is 6.16. The summed E-state index contributed by atoms with van der Waals surface area (Å²) in [6.45, 7) is 5.69. The number of likely N-dealkylation sites (tertiary alicyclic amines) is 1. The molecule has 1 heterocycles. The molecule has 1 saturated carbocycles. The summed E-state index contributed by atoms with van der Waals surface area (Å²) < 4.78 is 26.7. The molecule has 2 N–H and O–H groups in total. The molecule has 0 aromatic heterocycles. The van der Waals surface area contributed by atoms with Crippen LogP contribution in [0.1, 0.15) is 39.5 Å². The van der Waals surface area contributed by atoms with Gasteiger partial charge in [0.1, 0.15) is 0 Å². The van der Waals surface area contributed by atoms with Crippen molar-refractivity contribution >= 4 is 15.9 Å². The Morgan fingerprint density at radius 2 is 2.00 bits per heavy atom. The molecular formula is C13H25N3O3S. The van der Waals surface area contributed by atoms with Gasteiger partial charge in [0.2, 0.25) is 15.9 Å². The smallest absolute Gasteiger partial charge is 0.234 e. The number of carbonyl (C=O) groups excluding carboxylic acids is 1. The molecule has 0 aromatic rings. The van der Waals surface area contributed by atoms with Crippen LogP contribution < -0.4 is 10.0 Å². The van der Waals surface area contributed by atoms with Crippen LogP contribution in [0.5, 0.6) is 0 Å². The van der Waals surface area contributed by atoms with Crippen molar-refractivity contribution < 1.29 is 13.2 Å². The molecule has 1 atom stereocenters. The molecule has 2 fully saturated rings. The first-order valence-corrected chi connectivity index (χ1v) is 8.94. The SMILES string of the molecule is CC(C)NC(=O)CN1CCCC(NS(=O)(=O)C2CC2)C1. The third-order valence-corrected chi connectivity index (χ3v) is 5.63. The highest BCUT2D eigenvalue weighted by atomic mass is 32.2. The van der Waals surface area contributed by atoms with Crippen molar-refractivity contribution in [2.75, 3.05) is 19.6 Å². The Morgan fingerprint density at radius 1 is 1.30 bits per heavy atom. The van der Waals surface area contributed by atoms with E-state index in [1.165, 1.54) is 0 Å². The van der Waals surface area contributed by atoms with Gasteiger partial charge in [-0.2, -0.15) is 0 Å². The molecule has 6 nitrogen and oxygen atoms in total. The van der Waals surface area contributed by atoms with Crippen molar-refractivity contribution in [3.05, 3.63) is 0 Å². The van der Waals surface area contributed by atoms with Crippen molar-refractivity contribution in [2.24, 2.45) is 0 Å². The number of rotatable bonds is 6. The highest BCUT2D eigenvalue weighted by Gasteiger charge is 2.37. The highest BCUT2D eigenvalue weighted by Crippen LogP contribution is 2.28. The molecule has 1 amide bonds. The Balaban J connectivity index is 1.81. The van der Waals surface area contributed by atoms with Gasteiger partial charge in [-0.1, -0.05) is 0 Å². The predicted molar refractivity (Wildman–Crippen MR) is 77.8 cm³/mol. The maximum absolute atomic E-state index is 11.9. The van der Waals surface area contributed by atoms with Crippen molar-refractivity contribution in [1.29, 1.82) is 0 Å². The predicted octanol–water partition coefficient (Wildman–Crippen LogP) is 0.0572. The Kier molecular flexibility index (Phi) is 5.04. The number of amides is 1. The summed E-state index contributed by atoms with van der Waals surface area (Å²) in [5.74, 6) is 0.00528. The van der Waals surface area contributed by atoms with Gasteiger partial charge in [0.25, 0.3) is 0 Å². The van der Waals surface area contributed by atoms with Crippen LogP contribution in [0.25, 0.3) is 0 Å². The molecule has 2 aliphatic rings. The van der Waals surface area contributed by atoms with E-state index >= 15 is 0 Å². The first kappa shape index (κ1) is 15.7. The zero-order valence-corrected chi connectivity index (χ0v) is 13.1. The summed E-state index contributed by atoms with van der Waals surface area (Å²) in [6.07, 6.45) is 3.34. The van der Waals surface area contributed by atoms with Crippen molar-refractivity contribution in [3.8, 4) is 0 Å². The Hall–Kier alpha value is -0.660. The number of hydrogen-bond acceptors (Lipinski definition) is 4. The van der Waals surface area contributed by atoms with E-state index in [2.05, 4.69) is 10.0 Å². The van der Waals surface area contributed by atoms with Gasteiger partial charge >= 0.3 is 0 Å². The van der Waals surface area contributed by atoms with Crippen LogP contribution >= 0.6 is 0 Å². The van der Waals surface area contributed by atoms with Crippen LogP contribution in [-0.2, 0) is 14.8 Å². The topological polar surface area (TPSA) is 78.5 Å².